The fourth-order valence-corrected chi connectivity index (χ4v) is 1.75. The van der Waals surface area contributed by atoms with Gasteiger partial charge in [-0.05, 0) is 30.7 Å². The first-order valence-electron chi connectivity index (χ1n) is 6.02. The van der Waals surface area contributed by atoms with Crippen molar-refractivity contribution in [3.63, 3.8) is 0 Å². The second-order valence-corrected chi connectivity index (χ2v) is 4.18. The molecule has 100 valence electrons. The Labute approximate surface area is 110 Å². The minimum absolute atomic E-state index is 0.0521. The largest absolute Gasteiger partial charge is 0.505 e. The molecule has 0 radical (unpaired) electrons. The Balaban J connectivity index is 2.10. The number of hydrogen-bond donors (Lipinski definition) is 2. The molecule has 0 saturated heterocycles. The maximum atomic E-state index is 13.2. The number of pyridine rings is 1. The second kappa shape index (κ2) is 5.56. The number of anilines is 1. The Hall–Kier alpha value is -2.30. The van der Waals surface area contributed by atoms with E-state index < -0.39 is 5.82 Å². The quantitative estimate of drug-likeness (QED) is 0.889. The highest BCUT2D eigenvalue weighted by atomic mass is 19.1. The summed E-state index contributed by atoms with van der Waals surface area (Å²) < 4.78 is 14.7. The molecule has 2 rings (SSSR count). The lowest BCUT2D eigenvalue weighted by molar-refractivity contribution is 0.432. The molecule has 19 heavy (non-hydrogen) atoms. The molecule has 1 aromatic heterocycles. The Bertz CT molecular complexity index is 638. The van der Waals surface area contributed by atoms with Crippen molar-refractivity contribution in [2.24, 2.45) is 0 Å². The van der Waals surface area contributed by atoms with Crippen LogP contribution in [0, 0.1) is 5.82 Å². The van der Waals surface area contributed by atoms with Crippen molar-refractivity contribution < 1.29 is 9.50 Å². The molecule has 0 unspecified atom stereocenters. The summed E-state index contributed by atoms with van der Waals surface area (Å²) in [6, 6.07) is 7.41. The summed E-state index contributed by atoms with van der Waals surface area (Å²) in [6.07, 6.45) is 1.72. The fraction of sp³-hybridized carbons (Fsp3) is 0.214. The predicted octanol–water partition coefficient (Wildman–Crippen LogP) is 2.33. The van der Waals surface area contributed by atoms with E-state index >= 15 is 0 Å². The van der Waals surface area contributed by atoms with Crippen molar-refractivity contribution in [2.45, 2.75) is 20.0 Å². The number of aromatic hydroxyl groups is 1. The standard InChI is InChI=1S/C14H15FN2O2/c1-2-17-9-11(4-6-14(17)19)16-8-10-3-5-13(18)12(15)7-10/h3-7,9,16,18H,2,8H2,1H3. The number of aryl methyl sites for hydroxylation is 1. The Morgan fingerprint density at radius 3 is 2.79 bits per heavy atom. The number of phenols is 1. The van der Waals surface area contributed by atoms with E-state index in [9.17, 15) is 9.18 Å². The van der Waals surface area contributed by atoms with Crippen molar-refractivity contribution in [1.29, 1.82) is 0 Å². The Kier molecular flexibility index (Phi) is 3.85. The molecular formula is C14H15FN2O2. The topological polar surface area (TPSA) is 54.3 Å². The van der Waals surface area contributed by atoms with Gasteiger partial charge in [0, 0.05) is 25.4 Å². The molecule has 2 aromatic rings. The number of nitrogens with zero attached hydrogens (tertiary/aromatic N) is 1. The monoisotopic (exact) mass is 262 g/mol. The highest BCUT2D eigenvalue weighted by Crippen LogP contribution is 2.17. The summed E-state index contributed by atoms with van der Waals surface area (Å²) in [4.78, 5) is 11.4. The van der Waals surface area contributed by atoms with E-state index in [1.54, 1.807) is 22.9 Å². The zero-order valence-corrected chi connectivity index (χ0v) is 10.6. The van der Waals surface area contributed by atoms with Crippen LogP contribution in [0.25, 0.3) is 0 Å². The van der Waals surface area contributed by atoms with Gasteiger partial charge < -0.3 is 15.0 Å². The first-order valence-corrected chi connectivity index (χ1v) is 6.02. The normalized spacial score (nSPS) is 10.4. The minimum Gasteiger partial charge on any atom is -0.505 e. The van der Waals surface area contributed by atoms with Crippen LogP contribution in [0.4, 0.5) is 10.1 Å². The van der Waals surface area contributed by atoms with E-state index in [2.05, 4.69) is 5.32 Å². The maximum Gasteiger partial charge on any atom is 0.250 e. The number of rotatable bonds is 4. The van der Waals surface area contributed by atoms with Crippen LogP contribution < -0.4 is 10.9 Å². The van der Waals surface area contributed by atoms with Crippen LogP contribution in [0.2, 0.25) is 0 Å². The molecule has 0 aliphatic carbocycles. The summed E-state index contributed by atoms with van der Waals surface area (Å²) in [5, 5.41) is 12.2. The summed E-state index contributed by atoms with van der Waals surface area (Å²) in [5.74, 6) is -0.999. The van der Waals surface area contributed by atoms with E-state index in [1.165, 1.54) is 18.2 Å². The molecule has 0 fully saturated rings. The number of benzene rings is 1. The zero-order valence-electron chi connectivity index (χ0n) is 10.6. The Morgan fingerprint density at radius 2 is 2.11 bits per heavy atom. The number of phenolic OH excluding ortho intramolecular Hbond substituents is 1. The van der Waals surface area contributed by atoms with Gasteiger partial charge in [-0.2, -0.15) is 0 Å². The molecular weight excluding hydrogens is 247 g/mol. The lowest BCUT2D eigenvalue weighted by Crippen LogP contribution is -2.17. The lowest BCUT2D eigenvalue weighted by Gasteiger charge is -2.09. The van der Waals surface area contributed by atoms with Gasteiger partial charge >= 0.3 is 0 Å². The summed E-state index contributed by atoms with van der Waals surface area (Å²) >= 11 is 0. The first-order chi connectivity index (χ1) is 9.10. The second-order valence-electron chi connectivity index (χ2n) is 4.18. The molecule has 1 heterocycles. The van der Waals surface area contributed by atoms with Gasteiger partial charge in [-0.3, -0.25) is 4.79 Å². The van der Waals surface area contributed by atoms with E-state index in [4.69, 9.17) is 5.11 Å². The summed E-state index contributed by atoms with van der Waals surface area (Å²) in [7, 11) is 0. The fourth-order valence-electron chi connectivity index (χ4n) is 1.75. The number of halogens is 1. The van der Waals surface area contributed by atoms with Gasteiger partial charge in [-0.15, -0.1) is 0 Å². The minimum atomic E-state index is -0.641. The average molecular weight is 262 g/mol. The van der Waals surface area contributed by atoms with E-state index in [0.717, 1.165) is 5.69 Å². The van der Waals surface area contributed by atoms with Crippen LogP contribution in [0.3, 0.4) is 0 Å². The molecule has 0 spiro atoms. The van der Waals surface area contributed by atoms with E-state index in [1.807, 2.05) is 6.92 Å². The molecule has 0 amide bonds. The highest BCUT2D eigenvalue weighted by molar-refractivity contribution is 5.41. The molecule has 4 nitrogen and oxygen atoms in total. The van der Waals surface area contributed by atoms with Gasteiger partial charge in [0.05, 0.1) is 5.69 Å². The lowest BCUT2D eigenvalue weighted by atomic mass is 10.2. The van der Waals surface area contributed by atoms with Gasteiger partial charge in [0.15, 0.2) is 11.6 Å². The molecule has 1 aromatic carbocycles. The third-order valence-electron chi connectivity index (χ3n) is 2.83. The highest BCUT2D eigenvalue weighted by Gasteiger charge is 2.02. The van der Waals surface area contributed by atoms with Crippen molar-refractivity contribution in [1.82, 2.24) is 4.57 Å². The maximum absolute atomic E-state index is 13.2. The molecule has 0 atom stereocenters. The molecule has 0 saturated carbocycles. The average Bonchev–Trinajstić information content (AvgIpc) is 2.41. The number of hydrogen-bond acceptors (Lipinski definition) is 3. The summed E-state index contributed by atoms with van der Waals surface area (Å²) in [6.45, 7) is 2.90. The molecule has 0 bridgehead atoms. The van der Waals surface area contributed by atoms with Gasteiger partial charge in [0.1, 0.15) is 0 Å². The third kappa shape index (κ3) is 3.13. The predicted molar refractivity (Wildman–Crippen MR) is 71.8 cm³/mol. The van der Waals surface area contributed by atoms with Crippen LogP contribution in [0.15, 0.2) is 41.3 Å². The van der Waals surface area contributed by atoms with Gasteiger partial charge in [-0.1, -0.05) is 6.07 Å². The van der Waals surface area contributed by atoms with Crippen LogP contribution >= 0.6 is 0 Å². The van der Waals surface area contributed by atoms with Crippen LogP contribution in [-0.2, 0) is 13.1 Å². The Morgan fingerprint density at radius 1 is 1.32 bits per heavy atom. The van der Waals surface area contributed by atoms with Gasteiger partial charge in [0.25, 0.3) is 5.56 Å². The van der Waals surface area contributed by atoms with E-state index in [0.29, 0.717) is 18.7 Å². The molecule has 5 heteroatoms. The molecule has 2 N–H and O–H groups in total. The van der Waals surface area contributed by atoms with Crippen LogP contribution in [-0.4, -0.2) is 9.67 Å². The van der Waals surface area contributed by atoms with Crippen LogP contribution in [0.5, 0.6) is 5.75 Å². The summed E-state index contributed by atoms with van der Waals surface area (Å²) in [5.41, 5.74) is 1.45. The smallest absolute Gasteiger partial charge is 0.250 e. The van der Waals surface area contributed by atoms with Crippen LogP contribution in [0.1, 0.15) is 12.5 Å². The first kappa shape index (κ1) is 13.1. The van der Waals surface area contributed by atoms with E-state index in [-0.39, 0.29) is 11.3 Å². The van der Waals surface area contributed by atoms with Gasteiger partial charge in [0.2, 0.25) is 0 Å². The number of aromatic nitrogens is 1. The van der Waals surface area contributed by atoms with Crippen molar-refractivity contribution in [2.75, 3.05) is 5.32 Å². The molecule has 0 aliphatic heterocycles. The van der Waals surface area contributed by atoms with Crippen molar-refractivity contribution in [3.8, 4) is 5.75 Å². The van der Waals surface area contributed by atoms with Crippen molar-refractivity contribution >= 4 is 5.69 Å². The number of nitrogens with one attached hydrogen (secondary N) is 1. The third-order valence-corrected chi connectivity index (χ3v) is 2.83. The van der Waals surface area contributed by atoms with Crippen molar-refractivity contribution in [3.05, 3.63) is 58.3 Å². The zero-order chi connectivity index (χ0) is 13.8. The SMILES string of the molecule is CCn1cc(NCc2ccc(O)c(F)c2)ccc1=O. The van der Waals surface area contributed by atoms with Gasteiger partial charge in [-0.25, -0.2) is 4.39 Å². The molecule has 0 aliphatic rings.